The molecule has 9 heteroatoms. The standard InChI is InChI=1S/C18H18N2O7/c1-25-14-4-2-13(3-5-14)10-11-19-16(21)12-26-18(22)9-7-15-6-8-17(27-15)20(23)24/h2-9H,10-12H2,1H3,(H,19,21)/b9-7+. The fraction of sp³-hybridized carbons (Fsp3) is 0.222. The predicted octanol–water partition coefficient (Wildman–Crippen LogP) is 2.11. The van der Waals surface area contributed by atoms with Gasteiger partial charge in [0.25, 0.3) is 5.91 Å². The summed E-state index contributed by atoms with van der Waals surface area (Å²) in [5.41, 5.74) is 1.03. The Bertz CT molecular complexity index is 824. The van der Waals surface area contributed by atoms with Gasteiger partial charge in [0.1, 0.15) is 16.4 Å². The molecule has 0 fully saturated rings. The Labute approximate surface area is 154 Å². The van der Waals surface area contributed by atoms with Crippen molar-refractivity contribution in [1.82, 2.24) is 5.32 Å². The number of nitro groups is 1. The summed E-state index contributed by atoms with van der Waals surface area (Å²) in [6, 6.07) is 9.97. The number of benzene rings is 1. The molecule has 0 saturated carbocycles. The van der Waals surface area contributed by atoms with Crippen LogP contribution >= 0.6 is 0 Å². The second kappa shape index (κ2) is 9.76. The van der Waals surface area contributed by atoms with Crippen LogP contribution in [0.4, 0.5) is 5.88 Å². The van der Waals surface area contributed by atoms with Crippen LogP contribution in [0.25, 0.3) is 6.08 Å². The molecule has 2 aromatic rings. The summed E-state index contributed by atoms with van der Waals surface area (Å²) in [4.78, 5) is 33.0. The molecule has 1 amide bonds. The average Bonchev–Trinajstić information content (AvgIpc) is 3.15. The molecule has 0 spiro atoms. The largest absolute Gasteiger partial charge is 0.497 e. The quantitative estimate of drug-likeness (QED) is 0.309. The van der Waals surface area contributed by atoms with Crippen molar-refractivity contribution in [2.45, 2.75) is 6.42 Å². The van der Waals surface area contributed by atoms with Crippen molar-refractivity contribution in [3.8, 4) is 5.75 Å². The third-order valence-electron chi connectivity index (χ3n) is 3.42. The SMILES string of the molecule is COc1ccc(CCNC(=O)COC(=O)/C=C/c2ccc([N+](=O)[O-])o2)cc1. The molecule has 0 aliphatic carbocycles. The van der Waals surface area contributed by atoms with Gasteiger partial charge in [0.2, 0.25) is 0 Å². The highest BCUT2D eigenvalue weighted by Gasteiger charge is 2.10. The van der Waals surface area contributed by atoms with E-state index in [1.165, 1.54) is 18.2 Å². The Hall–Kier alpha value is -3.62. The minimum absolute atomic E-state index is 0.127. The molecule has 1 aromatic carbocycles. The van der Waals surface area contributed by atoms with Crippen molar-refractivity contribution in [3.05, 3.63) is 63.9 Å². The van der Waals surface area contributed by atoms with Crippen LogP contribution in [0.3, 0.4) is 0 Å². The fourth-order valence-corrected chi connectivity index (χ4v) is 2.05. The number of esters is 1. The van der Waals surface area contributed by atoms with Gasteiger partial charge in [-0.25, -0.2) is 4.79 Å². The topological polar surface area (TPSA) is 121 Å². The van der Waals surface area contributed by atoms with Crippen molar-refractivity contribution in [2.75, 3.05) is 20.3 Å². The Morgan fingerprint density at radius 2 is 1.96 bits per heavy atom. The van der Waals surface area contributed by atoms with Crippen LogP contribution in [0.15, 0.2) is 46.9 Å². The van der Waals surface area contributed by atoms with Crippen LogP contribution in [0.1, 0.15) is 11.3 Å². The molecular formula is C18H18N2O7. The van der Waals surface area contributed by atoms with Gasteiger partial charge in [-0.3, -0.25) is 14.9 Å². The lowest BCUT2D eigenvalue weighted by atomic mass is 10.1. The molecule has 0 atom stereocenters. The molecule has 0 bridgehead atoms. The van der Waals surface area contributed by atoms with Crippen LogP contribution in [-0.4, -0.2) is 37.1 Å². The van der Waals surface area contributed by atoms with Crippen molar-refractivity contribution < 1.29 is 28.4 Å². The second-order valence-corrected chi connectivity index (χ2v) is 5.32. The number of carbonyl (C=O) groups is 2. The molecule has 142 valence electrons. The molecule has 27 heavy (non-hydrogen) atoms. The molecule has 0 aliphatic rings. The maximum Gasteiger partial charge on any atom is 0.433 e. The number of carbonyl (C=O) groups excluding carboxylic acids is 2. The number of methoxy groups -OCH3 is 1. The molecule has 0 unspecified atom stereocenters. The molecule has 9 nitrogen and oxygen atoms in total. The van der Waals surface area contributed by atoms with E-state index in [-0.39, 0.29) is 5.76 Å². The lowest BCUT2D eigenvalue weighted by Crippen LogP contribution is -2.30. The van der Waals surface area contributed by atoms with Crippen molar-refractivity contribution in [2.24, 2.45) is 0 Å². The fourth-order valence-electron chi connectivity index (χ4n) is 2.05. The van der Waals surface area contributed by atoms with Crippen molar-refractivity contribution in [1.29, 1.82) is 0 Å². The number of amides is 1. The number of ether oxygens (including phenoxy) is 2. The van der Waals surface area contributed by atoms with Crippen LogP contribution in [0.2, 0.25) is 0 Å². The van der Waals surface area contributed by atoms with Crippen LogP contribution < -0.4 is 10.1 Å². The minimum atomic E-state index is -0.764. The van der Waals surface area contributed by atoms with Gasteiger partial charge in [-0.15, -0.1) is 0 Å². The first-order valence-electron chi connectivity index (χ1n) is 7.96. The van der Waals surface area contributed by atoms with Gasteiger partial charge in [0.15, 0.2) is 6.61 Å². The molecular weight excluding hydrogens is 356 g/mol. The van der Waals surface area contributed by atoms with Gasteiger partial charge in [0.05, 0.1) is 13.2 Å². The monoisotopic (exact) mass is 374 g/mol. The zero-order valence-corrected chi connectivity index (χ0v) is 14.5. The molecule has 0 saturated heterocycles. The zero-order chi connectivity index (χ0) is 19.6. The maximum absolute atomic E-state index is 11.7. The number of rotatable bonds is 9. The van der Waals surface area contributed by atoms with Gasteiger partial charge in [-0.1, -0.05) is 12.1 Å². The van der Waals surface area contributed by atoms with Crippen molar-refractivity contribution in [3.63, 3.8) is 0 Å². The Balaban J connectivity index is 1.67. The van der Waals surface area contributed by atoms with Crippen LogP contribution in [-0.2, 0) is 20.7 Å². The molecule has 1 N–H and O–H groups in total. The lowest BCUT2D eigenvalue weighted by molar-refractivity contribution is -0.402. The van der Waals surface area contributed by atoms with E-state index in [2.05, 4.69) is 5.32 Å². The van der Waals surface area contributed by atoms with E-state index >= 15 is 0 Å². The highest BCUT2D eigenvalue weighted by atomic mass is 16.6. The maximum atomic E-state index is 11.7. The van der Waals surface area contributed by atoms with Gasteiger partial charge >= 0.3 is 11.9 Å². The number of furan rings is 1. The first-order chi connectivity index (χ1) is 13.0. The van der Waals surface area contributed by atoms with E-state index in [0.717, 1.165) is 17.4 Å². The normalized spacial score (nSPS) is 10.6. The number of nitrogens with one attached hydrogen (secondary N) is 1. The third kappa shape index (κ3) is 6.65. The highest BCUT2D eigenvalue weighted by Crippen LogP contribution is 2.16. The van der Waals surface area contributed by atoms with Gasteiger partial charge in [-0.2, -0.15) is 0 Å². The summed E-state index contributed by atoms with van der Waals surface area (Å²) >= 11 is 0. The summed E-state index contributed by atoms with van der Waals surface area (Å²) in [7, 11) is 1.59. The molecule has 0 radical (unpaired) electrons. The number of hydrogen-bond donors (Lipinski definition) is 1. The van der Waals surface area contributed by atoms with Gasteiger partial charge < -0.3 is 19.2 Å². The lowest BCUT2D eigenvalue weighted by Gasteiger charge is -2.06. The van der Waals surface area contributed by atoms with Gasteiger partial charge in [0, 0.05) is 12.6 Å². The number of nitrogens with zero attached hydrogens (tertiary/aromatic N) is 1. The first-order valence-corrected chi connectivity index (χ1v) is 7.96. The minimum Gasteiger partial charge on any atom is -0.497 e. The van der Waals surface area contributed by atoms with E-state index in [1.54, 1.807) is 7.11 Å². The van der Waals surface area contributed by atoms with E-state index < -0.39 is 29.3 Å². The van der Waals surface area contributed by atoms with Crippen molar-refractivity contribution >= 4 is 23.8 Å². The summed E-state index contributed by atoms with van der Waals surface area (Å²) < 4.78 is 14.7. The molecule has 2 rings (SSSR count). The summed E-state index contributed by atoms with van der Waals surface area (Å²) in [5.74, 6) is -0.744. The summed E-state index contributed by atoms with van der Waals surface area (Å²) in [5, 5.41) is 13.1. The summed E-state index contributed by atoms with van der Waals surface area (Å²) in [6.07, 6.45) is 2.87. The summed E-state index contributed by atoms with van der Waals surface area (Å²) in [6.45, 7) is -0.0291. The molecule has 0 aliphatic heterocycles. The third-order valence-corrected chi connectivity index (χ3v) is 3.42. The molecule has 1 heterocycles. The molecule has 1 aromatic heterocycles. The zero-order valence-electron chi connectivity index (χ0n) is 14.5. The second-order valence-electron chi connectivity index (χ2n) is 5.32. The Morgan fingerprint density at radius 3 is 2.59 bits per heavy atom. The van der Waals surface area contributed by atoms with Crippen LogP contribution in [0, 0.1) is 10.1 Å². The smallest absolute Gasteiger partial charge is 0.433 e. The number of hydrogen-bond acceptors (Lipinski definition) is 7. The van der Waals surface area contributed by atoms with E-state index in [9.17, 15) is 19.7 Å². The van der Waals surface area contributed by atoms with E-state index in [1.807, 2.05) is 24.3 Å². The average molecular weight is 374 g/mol. The predicted molar refractivity (Wildman–Crippen MR) is 95.1 cm³/mol. The van der Waals surface area contributed by atoms with E-state index in [0.29, 0.717) is 13.0 Å². The Morgan fingerprint density at radius 1 is 1.22 bits per heavy atom. The highest BCUT2D eigenvalue weighted by molar-refractivity contribution is 5.88. The van der Waals surface area contributed by atoms with Crippen LogP contribution in [0.5, 0.6) is 5.75 Å². The van der Waals surface area contributed by atoms with Gasteiger partial charge in [-0.05, 0) is 36.3 Å². The Kier molecular flexibility index (Phi) is 7.12. The van der Waals surface area contributed by atoms with E-state index in [4.69, 9.17) is 13.9 Å². The first kappa shape index (κ1) is 19.7.